The number of nitrogens with zero attached hydrogens (tertiary/aromatic N) is 2. The second-order valence-electron chi connectivity index (χ2n) is 2.97. The average molecular weight is 212 g/mol. The molecule has 1 aromatic heterocycles. The van der Waals surface area contributed by atoms with Gasteiger partial charge in [-0.15, -0.1) is 0 Å². The van der Waals surface area contributed by atoms with E-state index in [-0.39, 0.29) is 6.61 Å². The number of primary amides is 1. The van der Waals surface area contributed by atoms with Crippen LogP contribution in [0.1, 0.15) is 12.7 Å². The number of hydrogen-bond acceptors (Lipinski definition) is 4. The predicted molar refractivity (Wildman–Crippen MR) is 55.1 cm³/mol. The first kappa shape index (κ1) is 11.5. The number of nitrogens with one attached hydrogen (secondary N) is 1. The summed E-state index contributed by atoms with van der Waals surface area (Å²) in [4.78, 5) is 14.4. The first-order valence-corrected chi connectivity index (χ1v) is 4.87. The van der Waals surface area contributed by atoms with Gasteiger partial charge in [0.05, 0.1) is 6.54 Å². The number of rotatable bonds is 6. The number of aryl methyl sites for hydroxylation is 1. The number of imidazole rings is 1. The van der Waals surface area contributed by atoms with E-state index in [0.29, 0.717) is 13.1 Å². The van der Waals surface area contributed by atoms with Crippen LogP contribution < -0.4 is 11.1 Å². The molecular weight excluding hydrogens is 196 g/mol. The Bertz CT molecular complexity index is 311. The average Bonchev–Trinajstić information content (AvgIpc) is 2.64. The van der Waals surface area contributed by atoms with Crippen LogP contribution in [-0.2, 0) is 17.8 Å². The summed E-state index contributed by atoms with van der Waals surface area (Å²) in [7, 11) is 0. The normalized spacial score (nSPS) is 10.2. The summed E-state index contributed by atoms with van der Waals surface area (Å²) >= 11 is 0. The number of carbonyl (C=O) groups is 1. The van der Waals surface area contributed by atoms with E-state index in [2.05, 4.69) is 22.0 Å². The Balaban J connectivity index is 2.17. The van der Waals surface area contributed by atoms with E-state index < -0.39 is 6.09 Å². The maximum absolute atomic E-state index is 10.2. The molecule has 3 N–H and O–H groups in total. The SMILES string of the molecule is CCn1ccnc1CNCCOC(N)=O. The van der Waals surface area contributed by atoms with Crippen LogP contribution in [0, 0.1) is 0 Å². The summed E-state index contributed by atoms with van der Waals surface area (Å²) in [6.07, 6.45) is 2.95. The largest absolute Gasteiger partial charge is 0.448 e. The highest BCUT2D eigenvalue weighted by Crippen LogP contribution is 1.95. The molecule has 0 aliphatic rings. The topological polar surface area (TPSA) is 82.2 Å². The highest BCUT2D eigenvalue weighted by molar-refractivity contribution is 5.64. The van der Waals surface area contributed by atoms with Crippen LogP contribution in [0.5, 0.6) is 0 Å². The third-order valence-corrected chi connectivity index (χ3v) is 1.95. The molecule has 0 radical (unpaired) electrons. The number of aromatic nitrogens is 2. The molecule has 84 valence electrons. The van der Waals surface area contributed by atoms with E-state index in [4.69, 9.17) is 5.73 Å². The van der Waals surface area contributed by atoms with Crippen molar-refractivity contribution in [2.45, 2.75) is 20.0 Å². The lowest BCUT2D eigenvalue weighted by Gasteiger charge is -2.06. The van der Waals surface area contributed by atoms with Crippen molar-refractivity contribution in [2.75, 3.05) is 13.2 Å². The zero-order valence-electron chi connectivity index (χ0n) is 8.77. The number of amides is 1. The lowest BCUT2D eigenvalue weighted by molar-refractivity contribution is 0.157. The molecule has 0 unspecified atom stereocenters. The van der Waals surface area contributed by atoms with Gasteiger partial charge < -0.3 is 20.4 Å². The molecule has 1 amide bonds. The molecule has 0 aliphatic carbocycles. The van der Waals surface area contributed by atoms with Gasteiger partial charge in [0, 0.05) is 25.5 Å². The second-order valence-corrected chi connectivity index (χ2v) is 2.97. The van der Waals surface area contributed by atoms with Crippen LogP contribution in [-0.4, -0.2) is 28.8 Å². The summed E-state index contributed by atoms with van der Waals surface area (Å²) in [6, 6.07) is 0. The van der Waals surface area contributed by atoms with E-state index in [0.717, 1.165) is 12.4 Å². The molecule has 0 fully saturated rings. The summed E-state index contributed by atoms with van der Waals surface area (Å²) in [5, 5.41) is 3.10. The van der Waals surface area contributed by atoms with Crippen molar-refractivity contribution in [3.8, 4) is 0 Å². The predicted octanol–water partition coefficient (Wildman–Crippen LogP) is 0.0879. The van der Waals surface area contributed by atoms with Crippen LogP contribution in [0.15, 0.2) is 12.4 Å². The van der Waals surface area contributed by atoms with Gasteiger partial charge in [-0.05, 0) is 6.92 Å². The number of nitrogens with two attached hydrogens (primary N) is 1. The summed E-state index contributed by atoms with van der Waals surface area (Å²) < 4.78 is 6.61. The Kier molecular flexibility index (Phi) is 4.62. The van der Waals surface area contributed by atoms with Crippen LogP contribution in [0.2, 0.25) is 0 Å². The van der Waals surface area contributed by atoms with E-state index in [9.17, 15) is 4.79 Å². The quantitative estimate of drug-likeness (QED) is 0.655. The van der Waals surface area contributed by atoms with Crippen molar-refractivity contribution < 1.29 is 9.53 Å². The minimum Gasteiger partial charge on any atom is -0.448 e. The molecule has 1 aromatic rings. The summed E-state index contributed by atoms with van der Waals surface area (Å²) in [6.45, 7) is 4.46. The number of hydrogen-bond donors (Lipinski definition) is 2. The molecule has 1 rings (SSSR count). The van der Waals surface area contributed by atoms with Crippen molar-refractivity contribution in [3.05, 3.63) is 18.2 Å². The zero-order chi connectivity index (χ0) is 11.1. The molecule has 15 heavy (non-hydrogen) atoms. The third-order valence-electron chi connectivity index (χ3n) is 1.95. The zero-order valence-corrected chi connectivity index (χ0v) is 8.77. The molecule has 0 aliphatic heterocycles. The van der Waals surface area contributed by atoms with Gasteiger partial charge >= 0.3 is 6.09 Å². The number of carbonyl (C=O) groups excluding carboxylic acids is 1. The molecule has 0 spiro atoms. The lowest BCUT2D eigenvalue weighted by atomic mass is 10.5. The van der Waals surface area contributed by atoms with Crippen LogP contribution in [0.25, 0.3) is 0 Å². The van der Waals surface area contributed by atoms with Gasteiger partial charge in [0.2, 0.25) is 0 Å². The van der Waals surface area contributed by atoms with Gasteiger partial charge in [-0.3, -0.25) is 0 Å². The Morgan fingerprint density at radius 2 is 2.53 bits per heavy atom. The Labute approximate surface area is 88.4 Å². The highest BCUT2D eigenvalue weighted by Gasteiger charge is 1.99. The highest BCUT2D eigenvalue weighted by atomic mass is 16.5. The Morgan fingerprint density at radius 1 is 1.73 bits per heavy atom. The Morgan fingerprint density at radius 3 is 3.20 bits per heavy atom. The Hall–Kier alpha value is -1.56. The van der Waals surface area contributed by atoms with Gasteiger partial charge in [-0.2, -0.15) is 0 Å². The minimum absolute atomic E-state index is 0.280. The van der Waals surface area contributed by atoms with Crippen molar-refractivity contribution in [1.29, 1.82) is 0 Å². The van der Waals surface area contributed by atoms with Crippen molar-refractivity contribution >= 4 is 6.09 Å². The van der Waals surface area contributed by atoms with Gasteiger partial charge in [0.1, 0.15) is 12.4 Å². The van der Waals surface area contributed by atoms with Crippen molar-refractivity contribution in [1.82, 2.24) is 14.9 Å². The monoisotopic (exact) mass is 212 g/mol. The fraction of sp³-hybridized carbons (Fsp3) is 0.556. The summed E-state index contributed by atoms with van der Waals surface area (Å²) in [5.74, 6) is 0.969. The van der Waals surface area contributed by atoms with E-state index in [1.54, 1.807) is 6.20 Å². The maximum Gasteiger partial charge on any atom is 0.404 e. The second kappa shape index (κ2) is 6.02. The minimum atomic E-state index is -0.744. The fourth-order valence-electron chi connectivity index (χ4n) is 1.22. The van der Waals surface area contributed by atoms with Gasteiger partial charge in [0.25, 0.3) is 0 Å². The first-order valence-electron chi connectivity index (χ1n) is 4.87. The van der Waals surface area contributed by atoms with Gasteiger partial charge in [-0.25, -0.2) is 9.78 Å². The van der Waals surface area contributed by atoms with E-state index in [1.165, 1.54) is 0 Å². The standard InChI is InChI=1S/C9H16N4O2/c1-2-13-5-3-12-8(13)7-11-4-6-15-9(10)14/h3,5,11H,2,4,6-7H2,1H3,(H2,10,14). The fourth-order valence-corrected chi connectivity index (χ4v) is 1.22. The molecule has 6 heteroatoms. The van der Waals surface area contributed by atoms with E-state index >= 15 is 0 Å². The lowest BCUT2D eigenvalue weighted by Crippen LogP contribution is -2.24. The maximum atomic E-state index is 10.2. The van der Waals surface area contributed by atoms with Crippen LogP contribution >= 0.6 is 0 Å². The van der Waals surface area contributed by atoms with E-state index in [1.807, 2.05) is 10.8 Å². The van der Waals surface area contributed by atoms with Crippen molar-refractivity contribution in [3.63, 3.8) is 0 Å². The molecule has 0 saturated heterocycles. The molecule has 0 bridgehead atoms. The van der Waals surface area contributed by atoms with Crippen LogP contribution in [0.4, 0.5) is 4.79 Å². The van der Waals surface area contributed by atoms with Gasteiger partial charge in [0.15, 0.2) is 0 Å². The molecule has 0 saturated carbocycles. The molecule has 1 heterocycles. The molecular formula is C9H16N4O2. The smallest absolute Gasteiger partial charge is 0.404 e. The van der Waals surface area contributed by atoms with Crippen molar-refractivity contribution in [2.24, 2.45) is 5.73 Å². The third kappa shape index (κ3) is 3.99. The molecule has 0 atom stereocenters. The molecule has 6 nitrogen and oxygen atoms in total. The summed E-state index contributed by atoms with van der Waals surface area (Å²) in [5.41, 5.74) is 4.81. The first-order chi connectivity index (χ1) is 7.24. The number of ether oxygens (including phenoxy) is 1. The molecule has 0 aromatic carbocycles. The van der Waals surface area contributed by atoms with Gasteiger partial charge in [-0.1, -0.05) is 0 Å². The van der Waals surface area contributed by atoms with Crippen LogP contribution in [0.3, 0.4) is 0 Å².